The number of unbranched alkanes of at least 4 members (excludes halogenated alkanes) is 1. The van der Waals surface area contributed by atoms with Gasteiger partial charge in [0.15, 0.2) is 5.96 Å². The molecule has 0 fully saturated rings. The van der Waals surface area contributed by atoms with Crippen molar-refractivity contribution in [1.82, 2.24) is 10.2 Å². The Labute approximate surface area is 122 Å². The zero-order valence-corrected chi connectivity index (χ0v) is 12.9. The first-order chi connectivity index (χ1) is 9.77. The summed E-state index contributed by atoms with van der Waals surface area (Å²) in [4.78, 5) is 6.43. The minimum atomic E-state index is 0.660. The Hall–Kier alpha value is -1.55. The number of nitrogens with one attached hydrogen (secondary N) is 1. The highest BCUT2D eigenvalue weighted by Crippen LogP contribution is 1.99. The van der Waals surface area contributed by atoms with Gasteiger partial charge < -0.3 is 15.0 Å². The van der Waals surface area contributed by atoms with E-state index in [1.54, 1.807) is 0 Å². The van der Waals surface area contributed by atoms with E-state index in [4.69, 9.17) is 4.74 Å². The minimum absolute atomic E-state index is 0.660. The maximum atomic E-state index is 5.64. The lowest BCUT2D eigenvalue weighted by Gasteiger charge is -2.21. The first kappa shape index (κ1) is 16.5. The average molecular weight is 277 g/mol. The van der Waals surface area contributed by atoms with Gasteiger partial charge in [-0.2, -0.15) is 0 Å². The molecule has 4 heteroatoms. The van der Waals surface area contributed by atoms with E-state index in [2.05, 4.69) is 41.3 Å². The van der Waals surface area contributed by atoms with Crippen molar-refractivity contribution in [2.45, 2.75) is 26.4 Å². The first-order valence-corrected chi connectivity index (χ1v) is 7.31. The lowest BCUT2D eigenvalue weighted by atomic mass is 10.2. The molecule has 0 aliphatic rings. The zero-order chi connectivity index (χ0) is 14.6. The summed E-state index contributed by atoms with van der Waals surface area (Å²) in [6.45, 7) is 5.33. The molecule has 0 aliphatic heterocycles. The number of hydrogen-bond acceptors (Lipinski definition) is 2. The van der Waals surface area contributed by atoms with Gasteiger partial charge in [-0.15, -0.1) is 0 Å². The zero-order valence-electron chi connectivity index (χ0n) is 12.9. The highest BCUT2D eigenvalue weighted by atomic mass is 16.5. The lowest BCUT2D eigenvalue weighted by Crippen LogP contribution is -2.40. The van der Waals surface area contributed by atoms with Gasteiger partial charge in [-0.05, 0) is 12.0 Å². The molecule has 0 heterocycles. The van der Waals surface area contributed by atoms with E-state index in [-0.39, 0.29) is 0 Å². The third kappa shape index (κ3) is 6.57. The number of hydrogen-bond donors (Lipinski definition) is 1. The Kier molecular flexibility index (Phi) is 8.47. The second-order valence-electron chi connectivity index (χ2n) is 4.79. The fraction of sp³-hybridized carbons (Fsp3) is 0.562. The molecule has 4 nitrogen and oxygen atoms in total. The van der Waals surface area contributed by atoms with Crippen molar-refractivity contribution in [3.05, 3.63) is 35.9 Å². The second kappa shape index (κ2) is 10.3. The van der Waals surface area contributed by atoms with Crippen LogP contribution in [0.15, 0.2) is 35.3 Å². The molecule has 0 radical (unpaired) electrons. The molecular weight excluding hydrogens is 250 g/mol. The number of aliphatic imine (C=N–C) groups is 1. The number of ether oxygens (including phenoxy) is 1. The molecule has 0 unspecified atom stereocenters. The number of rotatable bonds is 8. The van der Waals surface area contributed by atoms with Gasteiger partial charge >= 0.3 is 0 Å². The molecule has 20 heavy (non-hydrogen) atoms. The van der Waals surface area contributed by atoms with Crippen molar-refractivity contribution in [2.24, 2.45) is 4.99 Å². The quantitative estimate of drug-likeness (QED) is 0.451. The number of benzene rings is 1. The van der Waals surface area contributed by atoms with Gasteiger partial charge in [0, 0.05) is 27.2 Å². The molecule has 0 amide bonds. The highest BCUT2D eigenvalue weighted by Gasteiger charge is 2.03. The molecule has 112 valence electrons. The SMILES string of the molecule is CCCCN(C)C(=NC)NCCOCc1ccccc1. The van der Waals surface area contributed by atoms with Crippen molar-refractivity contribution in [1.29, 1.82) is 0 Å². The second-order valence-corrected chi connectivity index (χ2v) is 4.79. The predicted octanol–water partition coefficient (Wildman–Crippen LogP) is 2.51. The molecule has 0 aliphatic carbocycles. The Bertz CT molecular complexity index is 379. The third-order valence-corrected chi connectivity index (χ3v) is 3.06. The summed E-state index contributed by atoms with van der Waals surface area (Å²) in [5.74, 6) is 0.932. The lowest BCUT2D eigenvalue weighted by molar-refractivity contribution is 0.125. The molecule has 1 aromatic rings. The van der Waals surface area contributed by atoms with E-state index in [1.807, 2.05) is 25.2 Å². The van der Waals surface area contributed by atoms with Gasteiger partial charge in [0.05, 0.1) is 13.2 Å². The maximum absolute atomic E-state index is 5.64. The van der Waals surface area contributed by atoms with E-state index in [1.165, 1.54) is 18.4 Å². The van der Waals surface area contributed by atoms with Gasteiger partial charge in [0.1, 0.15) is 0 Å². The predicted molar refractivity (Wildman–Crippen MR) is 85.0 cm³/mol. The Balaban J connectivity index is 2.15. The van der Waals surface area contributed by atoms with E-state index in [9.17, 15) is 0 Å². The molecule has 0 bridgehead atoms. The average Bonchev–Trinajstić information content (AvgIpc) is 2.49. The van der Waals surface area contributed by atoms with Crippen LogP contribution < -0.4 is 5.32 Å². The van der Waals surface area contributed by atoms with Crippen LogP contribution in [0.4, 0.5) is 0 Å². The molecule has 1 aromatic carbocycles. The van der Waals surface area contributed by atoms with E-state index in [0.29, 0.717) is 13.2 Å². The molecule has 0 atom stereocenters. The largest absolute Gasteiger partial charge is 0.375 e. The van der Waals surface area contributed by atoms with Crippen LogP contribution in [-0.4, -0.2) is 44.7 Å². The summed E-state index contributed by atoms with van der Waals surface area (Å²) in [6.07, 6.45) is 2.38. The number of guanidine groups is 1. The monoisotopic (exact) mass is 277 g/mol. The Morgan fingerprint density at radius 2 is 2.05 bits per heavy atom. The van der Waals surface area contributed by atoms with Crippen molar-refractivity contribution in [3.63, 3.8) is 0 Å². The van der Waals surface area contributed by atoms with Gasteiger partial charge in [-0.25, -0.2) is 0 Å². The van der Waals surface area contributed by atoms with E-state index < -0.39 is 0 Å². The summed E-state index contributed by atoms with van der Waals surface area (Å²) in [6, 6.07) is 10.2. The van der Waals surface area contributed by atoms with E-state index >= 15 is 0 Å². The minimum Gasteiger partial charge on any atom is -0.375 e. The Morgan fingerprint density at radius 1 is 1.30 bits per heavy atom. The molecule has 0 spiro atoms. The fourth-order valence-corrected chi connectivity index (χ4v) is 1.89. The first-order valence-electron chi connectivity index (χ1n) is 7.31. The summed E-state index contributed by atoms with van der Waals surface area (Å²) < 4.78 is 5.64. The van der Waals surface area contributed by atoms with Crippen LogP contribution in [0.25, 0.3) is 0 Å². The molecule has 1 N–H and O–H groups in total. The van der Waals surface area contributed by atoms with Crippen molar-refractivity contribution < 1.29 is 4.74 Å². The van der Waals surface area contributed by atoms with Crippen LogP contribution in [-0.2, 0) is 11.3 Å². The van der Waals surface area contributed by atoms with Crippen LogP contribution in [0, 0.1) is 0 Å². The van der Waals surface area contributed by atoms with Crippen molar-refractivity contribution >= 4 is 5.96 Å². The Morgan fingerprint density at radius 3 is 2.70 bits per heavy atom. The third-order valence-electron chi connectivity index (χ3n) is 3.06. The summed E-state index contributed by atoms with van der Waals surface area (Å²) in [5, 5.41) is 3.32. The van der Waals surface area contributed by atoms with Gasteiger partial charge in [-0.3, -0.25) is 4.99 Å². The van der Waals surface area contributed by atoms with Gasteiger partial charge in [-0.1, -0.05) is 43.7 Å². The van der Waals surface area contributed by atoms with Crippen LogP contribution in [0.3, 0.4) is 0 Å². The van der Waals surface area contributed by atoms with Crippen LogP contribution in [0.1, 0.15) is 25.3 Å². The summed E-state index contributed by atoms with van der Waals surface area (Å²) in [5.41, 5.74) is 1.21. The van der Waals surface area contributed by atoms with Crippen molar-refractivity contribution in [3.8, 4) is 0 Å². The van der Waals surface area contributed by atoms with Crippen molar-refractivity contribution in [2.75, 3.05) is 33.8 Å². The van der Waals surface area contributed by atoms with Crippen LogP contribution >= 0.6 is 0 Å². The van der Waals surface area contributed by atoms with Gasteiger partial charge in [0.25, 0.3) is 0 Å². The van der Waals surface area contributed by atoms with Gasteiger partial charge in [0.2, 0.25) is 0 Å². The molecular formula is C16H27N3O. The summed E-state index contributed by atoms with van der Waals surface area (Å²) >= 11 is 0. The van der Waals surface area contributed by atoms with E-state index in [0.717, 1.165) is 19.0 Å². The summed E-state index contributed by atoms with van der Waals surface area (Å²) in [7, 11) is 3.88. The fourth-order valence-electron chi connectivity index (χ4n) is 1.89. The smallest absolute Gasteiger partial charge is 0.193 e. The topological polar surface area (TPSA) is 36.9 Å². The number of nitrogens with zero attached hydrogens (tertiary/aromatic N) is 2. The van der Waals surface area contributed by atoms with Crippen LogP contribution in [0.2, 0.25) is 0 Å². The molecule has 0 saturated heterocycles. The standard InChI is InChI=1S/C16H27N3O/c1-4-5-12-19(3)16(17-2)18-11-13-20-14-15-9-7-6-8-10-15/h6-10H,4-5,11-14H2,1-3H3,(H,17,18). The molecule has 0 saturated carbocycles. The maximum Gasteiger partial charge on any atom is 0.193 e. The normalized spacial score (nSPS) is 11.4. The molecule has 1 rings (SSSR count). The highest BCUT2D eigenvalue weighted by molar-refractivity contribution is 5.79. The van der Waals surface area contributed by atoms with Crippen LogP contribution in [0.5, 0.6) is 0 Å². The molecule has 0 aromatic heterocycles.